The van der Waals surface area contributed by atoms with E-state index in [-0.39, 0.29) is 24.0 Å². The molecule has 3 rings (SSSR count). The van der Waals surface area contributed by atoms with Crippen molar-refractivity contribution in [3.63, 3.8) is 0 Å². The van der Waals surface area contributed by atoms with E-state index in [4.69, 9.17) is 4.74 Å². The lowest BCUT2D eigenvalue weighted by Gasteiger charge is -2.22. The quantitative estimate of drug-likeness (QED) is 0.324. The standard InChI is InChI=1S/C21H31N5OS.HI/c1-15(2)11-20-23-12-17(28-20)13-24-21(22-3)25-16-9-10-26(14-16)18-7-5-6-8-19(18)27-4;/h5-8,12,15-16H,9-11,13-14H2,1-4H3,(H2,22,24,25);1H. The molecule has 1 saturated heterocycles. The molecule has 6 nitrogen and oxygen atoms in total. The lowest BCUT2D eigenvalue weighted by molar-refractivity contribution is 0.415. The lowest BCUT2D eigenvalue weighted by atomic mass is 10.1. The van der Waals surface area contributed by atoms with Gasteiger partial charge in [0.2, 0.25) is 0 Å². The first-order chi connectivity index (χ1) is 13.6. The first-order valence-electron chi connectivity index (χ1n) is 9.87. The third-order valence-corrected chi connectivity index (χ3v) is 5.81. The summed E-state index contributed by atoms with van der Waals surface area (Å²) >= 11 is 1.78. The van der Waals surface area contributed by atoms with Crippen molar-refractivity contribution < 1.29 is 4.74 Å². The Balaban J connectivity index is 0.00000300. The lowest BCUT2D eigenvalue weighted by Crippen LogP contribution is -2.44. The molecule has 1 fully saturated rings. The number of anilines is 1. The zero-order valence-electron chi connectivity index (χ0n) is 17.6. The predicted molar refractivity (Wildman–Crippen MR) is 133 cm³/mol. The molecule has 1 unspecified atom stereocenters. The summed E-state index contributed by atoms with van der Waals surface area (Å²) in [5.74, 6) is 2.40. The number of hydrogen-bond donors (Lipinski definition) is 2. The van der Waals surface area contributed by atoms with Crippen LogP contribution in [0.5, 0.6) is 5.75 Å². The highest BCUT2D eigenvalue weighted by Crippen LogP contribution is 2.30. The molecular formula is C21H32IN5OS. The molecule has 2 aromatic rings. The van der Waals surface area contributed by atoms with E-state index in [2.05, 4.69) is 51.5 Å². The number of para-hydroxylation sites is 2. The Morgan fingerprint density at radius 2 is 2.17 bits per heavy atom. The molecule has 1 aliphatic rings. The van der Waals surface area contributed by atoms with E-state index in [1.807, 2.05) is 25.4 Å². The van der Waals surface area contributed by atoms with Crippen molar-refractivity contribution in [2.45, 2.75) is 39.3 Å². The minimum atomic E-state index is 0. The molecule has 1 aromatic carbocycles. The number of aliphatic imine (C=N–C) groups is 1. The van der Waals surface area contributed by atoms with Gasteiger partial charge in [-0.15, -0.1) is 35.3 Å². The molecule has 0 radical (unpaired) electrons. The molecule has 1 atom stereocenters. The molecule has 0 saturated carbocycles. The predicted octanol–water partition coefficient (Wildman–Crippen LogP) is 3.91. The van der Waals surface area contributed by atoms with E-state index in [1.54, 1.807) is 18.4 Å². The monoisotopic (exact) mass is 529 g/mol. The number of methoxy groups -OCH3 is 1. The van der Waals surface area contributed by atoms with Crippen LogP contribution < -0.4 is 20.3 Å². The summed E-state index contributed by atoms with van der Waals surface area (Å²) in [4.78, 5) is 12.5. The Labute approximate surface area is 195 Å². The molecule has 0 amide bonds. The van der Waals surface area contributed by atoms with Gasteiger partial charge in [-0.1, -0.05) is 26.0 Å². The average Bonchev–Trinajstić information content (AvgIpc) is 3.34. The van der Waals surface area contributed by atoms with Crippen LogP contribution in [0.2, 0.25) is 0 Å². The maximum Gasteiger partial charge on any atom is 0.191 e. The number of guanidine groups is 1. The Kier molecular flexibility index (Phi) is 9.48. The number of nitrogens with zero attached hydrogens (tertiary/aromatic N) is 3. The van der Waals surface area contributed by atoms with Gasteiger partial charge in [0.25, 0.3) is 0 Å². The highest BCUT2D eigenvalue weighted by Gasteiger charge is 2.25. The second kappa shape index (κ2) is 11.6. The third-order valence-electron chi connectivity index (χ3n) is 4.79. The van der Waals surface area contributed by atoms with Crippen LogP contribution in [0.4, 0.5) is 5.69 Å². The van der Waals surface area contributed by atoms with E-state index in [0.29, 0.717) is 12.0 Å². The van der Waals surface area contributed by atoms with E-state index < -0.39 is 0 Å². The molecule has 2 heterocycles. The fraction of sp³-hybridized carbons (Fsp3) is 0.524. The van der Waals surface area contributed by atoms with Gasteiger partial charge in [0, 0.05) is 43.7 Å². The number of thiazole rings is 1. The average molecular weight is 529 g/mol. The molecule has 0 aliphatic carbocycles. The summed E-state index contributed by atoms with van der Waals surface area (Å²) in [7, 11) is 3.54. The van der Waals surface area contributed by atoms with Crippen molar-refractivity contribution in [2.75, 3.05) is 32.1 Å². The van der Waals surface area contributed by atoms with Crippen LogP contribution in [0, 0.1) is 5.92 Å². The maximum absolute atomic E-state index is 5.51. The van der Waals surface area contributed by atoms with Crippen LogP contribution in [0.25, 0.3) is 0 Å². The first-order valence-corrected chi connectivity index (χ1v) is 10.7. The Morgan fingerprint density at radius 3 is 2.90 bits per heavy atom. The fourth-order valence-corrected chi connectivity index (χ4v) is 4.49. The summed E-state index contributed by atoms with van der Waals surface area (Å²) in [5, 5.41) is 8.18. The van der Waals surface area contributed by atoms with Crippen molar-refractivity contribution in [2.24, 2.45) is 10.9 Å². The zero-order valence-corrected chi connectivity index (χ0v) is 20.8. The number of halogens is 1. The molecule has 29 heavy (non-hydrogen) atoms. The third kappa shape index (κ3) is 6.74. The van der Waals surface area contributed by atoms with Gasteiger partial charge in [-0.05, 0) is 24.5 Å². The second-order valence-corrected chi connectivity index (χ2v) is 8.69. The summed E-state index contributed by atoms with van der Waals surface area (Å²) in [6.45, 7) is 7.13. The van der Waals surface area contributed by atoms with Gasteiger partial charge in [-0.2, -0.15) is 0 Å². The largest absolute Gasteiger partial charge is 0.495 e. The maximum atomic E-state index is 5.51. The number of rotatable bonds is 7. The van der Waals surface area contributed by atoms with Gasteiger partial charge in [0.15, 0.2) is 5.96 Å². The number of benzene rings is 1. The number of ether oxygens (including phenoxy) is 1. The van der Waals surface area contributed by atoms with E-state index in [0.717, 1.165) is 49.9 Å². The smallest absolute Gasteiger partial charge is 0.191 e. The summed E-state index contributed by atoms with van der Waals surface area (Å²) in [6, 6.07) is 8.55. The second-order valence-electron chi connectivity index (χ2n) is 7.49. The van der Waals surface area contributed by atoms with E-state index in [9.17, 15) is 0 Å². The van der Waals surface area contributed by atoms with Gasteiger partial charge in [0.05, 0.1) is 24.3 Å². The molecular weight excluding hydrogens is 497 g/mol. The molecule has 8 heteroatoms. The van der Waals surface area contributed by atoms with Crippen molar-refractivity contribution >= 4 is 47.0 Å². The topological polar surface area (TPSA) is 61.8 Å². The number of hydrogen-bond acceptors (Lipinski definition) is 5. The van der Waals surface area contributed by atoms with Crippen LogP contribution in [0.3, 0.4) is 0 Å². The molecule has 0 bridgehead atoms. The van der Waals surface area contributed by atoms with E-state index >= 15 is 0 Å². The Morgan fingerprint density at radius 1 is 1.38 bits per heavy atom. The number of aromatic nitrogens is 1. The molecule has 1 aliphatic heterocycles. The van der Waals surface area contributed by atoms with Crippen LogP contribution >= 0.6 is 35.3 Å². The van der Waals surface area contributed by atoms with Gasteiger partial charge in [0.1, 0.15) is 5.75 Å². The van der Waals surface area contributed by atoms with Crippen LogP contribution in [-0.2, 0) is 13.0 Å². The molecule has 0 spiro atoms. The van der Waals surface area contributed by atoms with Crippen molar-refractivity contribution in [1.82, 2.24) is 15.6 Å². The Bertz CT molecular complexity index is 795. The molecule has 2 N–H and O–H groups in total. The van der Waals surface area contributed by atoms with Crippen molar-refractivity contribution in [3.8, 4) is 5.75 Å². The van der Waals surface area contributed by atoms with Gasteiger partial charge in [-0.3, -0.25) is 4.99 Å². The normalized spacial score (nSPS) is 16.7. The highest BCUT2D eigenvalue weighted by atomic mass is 127. The fourth-order valence-electron chi connectivity index (χ4n) is 3.42. The SMILES string of the molecule is CN=C(NCc1cnc(CC(C)C)s1)NC1CCN(c2ccccc2OC)C1.I. The Hall–Kier alpha value is -1.55. The van der Waals surface area contributed by atoms with Crippen LogP contribution in [0.1, 0.15) is 30.2 Å². The summed E-state index contributed by atoms with van der Waals surface area (Å²) < 4.78 is 5.51. The minimum absolute atomic E-state index is 0. The highest BCUT2D eigenvalue weighted by molar-refractivity contribution is 14.0. The van der Waals surface area contributed by atoms with Crippen molar-refractivity contribution in [3.05, 3.63) is 40.3 Å². The van der Waals surface area contributed by atoms with Gasteiger partial charge in [-0.25, -0.2) is 4.98 Å². The summed E-state index contributed by atoms with van der Waals surface area (Å²) in [5.41, 5.74) is 1.15. The molecule has 160 valence electrons. The summed E-state index contributed by atoms with van der Waals surface area (Å²) in [6.07, 6.45) is 4.08. The van der Waals surface area contributed by atoms with Crippen LogP contribution in [-0.4, -0.2) is 44.2 Å². The molecule has 1 aromatic heterocycles. The van der Waals surface area contributed by atoms with Crippen molar-refractivity contribution in [1.29, 1.82) is 0 Å². The zero-order chi connectivity index (χ0) is 19.9. The van der Waals surface area contributed by atoms with E-state index in [1.165, 1.54) is 9.88 Å². The van der Waals surface area contributed by atoms with Crippen LogP contribution in [0.15, 0.2) is 35.5 Å². The van der Waals surface area contributed by atoms with Gasteiger partial charge < -0.3 is 20.3 Å². The first kappa shape index (κ1) is 23.7. The van der Waals surface area contributed by atoms with Gasteiger partial charge >= 0.3 is 0 Å². The number of nitrogens with one attached hydrogen (secondary N) is 2. The minimum Gasteiger partial charge on any atom is -0.495 e.